The first kappa shape index (κ1) is 12.2. The van der Waals surface area contributed by atoms with Gasteiger partial charge in [0.1, 0.15) is 5.69 Å². The number of nitrogens with zero attached hydrogens (tertiary/aromatic N) is 7. The van der Waals surface area contributed by atoms with Crippen molar-refractivity contribution >= 4 is 11.9 Å². The first-order valence-corrected chi connectivity index (χ1v) is 5.64. The molecule has 0 spiro atoms. The molecule has 8 heteroatoms. The third-order valence-corrected chi connectivity index (χ3v) is 2.30. The van der Waals surface area contributed by atoms with Crippen molar-refractivity contribution in [1.29, 1.82) is 0 Å². The fraction of sp³-hybridized carbons (Fsp3) is 0.500. The molecule has 0 aliphatic heterocycles. The third kappa shape index (κ3) is 2.36. The van der Waals surface area contributed by atoms with E-state index in [1.54, 1.807) is 17.9 Å². The Morgan fingerprint density at radius 2 is 2.06 bits per heavy atom. The van der Waals surface area contributed by atoms with Crippen LogP contribution in [0.5, 0.6) is 0 Å². The molecule has 0 aromatic carbocycles. The van der Waals surface area contributed by atoms with Crippen LogP contribution in [-0.4, -0.2) is 50.6 Å². The molecular weight excluding hydrogens is 232 g/mol. The van der Waals surface area contributed by atoms with Gasteiger partial charge in [0.25, 0.3) is 0 Å². The fourth-order valence-electron chi connectivity index (χ4n) is 1.41. The lowest BCUT2D eigenvalue weighted by Crippen LogP contribution is -2.16. The minimum atomic E-state index is 0.549. The second-order valence-corrected chi connectivity index (χ2v) is 3.95. The van der Waals surface area contributed by atoms with Gasteiger partial charge >= 0.3 is 0 Å². The van der Waals surface area contributed by atoms with E-state index in [0.717, 1.165) is 12.2 Å². The van der Waals surface area contributed by atoms with Crippen LogP contribution in [0.4, 0.5) is 11.9 Å². The van der Waals surface area contributed by atoms with Crippen LogP contribution < -0.4 is 10.2 Å². The number of rotatable bonds is 4. The van der Waals surface area contributed by atoms with E-state index in [4.69, 9.17) is 0 Å². The molecule has 0 aliphatic carbocycles. The Balaban J connectivity index is 2.50. The van der Waals surface area contributed by atoms with Crippen molar-refractivity contribution in [3.63, 3.8) is 0 Å². The Kier molecular flexibility index (Phi) is 3.35. The lowest BCUT2D eigenvalue weighted by atomic mass is 10.4. The summed E-state index contributed by atoms with van der Waals surface area (Å²) in [6.07, 6.45) is 1.63. The maximum atomic E-state index is 4.38. The van der Waals surface area contributed by atoms with Gasteiger partial charge in [-0.2, -0.15) is 15.0 Å². The van der Waals surface area contributed by atoms with Gasteiger partial charge in [-0.3, -0.25) is 0 Å². The van der Waals surface area contributed by atoms with Gasteiger partial charge in [0, 0.05) is 27.7 Å². The predicted octanol–water partition coefficient (Wildman–Crippen LogP) is 0.165. The van der Waals surface area contributed by atoms with E-state index in [9.17, 15) is 0 Å². The molecule has 0 bridgehead atoms. The summed E-state index contributed by atoms with van der Waals surface area (Å²) < 4.78 is 1.63. The van der Waals surface area contributed by atoms with E-state index in [0.29, 0.717) is 17.7 Å². The van der Waals surface area contributed by atoms with Crippen molar-refractivity contribution in [2.75, 3.05) is 30.9 Å². The van der Waals surface area contributed by atoms with E-state index in [2.05, 4.69) is 30.6 Å². The molecule has 0 saturated carbocycles. The van der Waals surface area contributed by atoms with Crippen LogP contribution in [0.15, 0.2) is 6.20 Å². The zero-order valence-electron chi connectivity index (χ0n) is 10.9. The minimum Gasteiger partial charge on any atom is -0.354 e. The number of hydrogen-bond acceptors (Lipinski definition) is 7. The number of aromatic nitrogens is 6. The summed E-state index contributed by atoms with van der Waals surface area (Å²) in [5.41, 5.74) is 0.750. The van der Waals surface area contributed by atoms with Crippen molar-refractivity contribution in [3.8, 4) is 11.5 Å². The van der Waals surface area contributed by atoms with E-state index in [-0.39, 0.29) is 0 Å². The molecule has 0 fully saturated rings. The van der Waals surface area contributed by atoms with Crippen LogP contribution in [0.2, 0.25) is 0 Å². The quantitative estimate of drug-likeness (QED) is 0.825. The molecule has 8 nitrogen and oxygen atoms in total. The lowest BCUT2D eigenvalue weighted by molar-refractivity contribution is 0.716. The summed E-state index contributed by atoms with van der Waals surface area (Å²) in [6, 6.07) is 0. The van der Waals surface area contributed by atoms with Crippen LogP contribution in [-0.2, 0) is 7.05 Å². The summed E-state index contributed by atoms with van der Waals surface area (Å²) in [6.45, 7) is 2.74. The molecule has 2 heterocycles. The lowest BCUT2D eigenvalue weighted by Gasteiger charge is -2.12. The second-order valence-electron chi connectivity index (χ2n) is 3.95. The monoisotopic (exact) mass is 248 g/mol. The highest BCUT2D eigenvalue weighted by molar-refractivity contribution is 5.52. The Hall–Kier alpha value is -2.25. The van der Waals surface area contributed by atoms with Crippen LogP contribution in [0.25, 0.3) is 11.5 Å². The Labute approximate surface area is 105 Å². The molecule has 2 aromatic heterocycles. The van der Waals surface area contributed by atoms with Gasteiger partial charge in [-0.25, -0.2) is 4.68 Å². The average molecular weight is 248 g/mol. The average Bonchev–Trinajstić information content (AvgIpc) is 2.75. The molecule has 0 saturated heterocycles. The normalized spacial score (nSPS) is 10.4. The van der Waals surface area contributed by atoms with Gasteiger partial charge in [0.05, 0.1) is 6.20 Å². The molecule has 0 amide bonds. The Morgan fingerprint density at radius 3 is 2.61 bits per heavy atom. The van der Waals surface area contributed by atoms with Crippen molar-refractivity contribution in [2.45, 2.75) is 6.92 Å². The molecular formula is C10H16N8. The molecule has 2 rings (SSSR count). The number of hydrogen-bond donors (Lipinski definition) is 1. The Morgan fingerprint density at radius 1 is 1.28 bits per heavy atom. The SMILES string of the molecule is CCNc1nc(-c2cnnn2C)nc(N(C)C)n1. The minimum absolute atomic E-state index is 0.549. The second kappa shape index (κ2) is 4.94. The predicted molar refractivity (Wildman–Crippen MR) is 68.3 cm³/mol. The van der Waals surface area contributed by atoms with E-state index < -0.39 is 0 Å². The molecule has 1 N–H and O–H groups in total. The molecule has 0 unspecified atom stereocenters. The van der Waals surface area contributed by atoms with E-state index >= 15 is 0 Å². The topological polar surface area (TPSA) is 84.7 Å². The number of anilines is 2. The van der Waals surface area contributed by atoms with Crippen molar-refractivity contribution in [2.24, 2.45) is 7.05 Å². The zero-order chi connectivity index (χ0) is 13.1. The largest absolute Gasteiger partial charge is 0.354 e. The molecule has 0 radical (unpaired) electrons. The van der Waals surface area contributed by atoms with E-state index in [1.165, 1.54) is 0 Å². The molecule has 0 atom stereocenters. The number of nitrogens with one attached hydrogen (secondary N) is 1. The van der Waals surface area contributed by atoms with Crippen molar-refractivity contribution in [3.05, 3.63) is 6.20 Å². The first-order valence-electron chi connectivity index (χ1n) is 5.64. The van der Waals surface area contributed by atoms with Gasteiger partial charge in [0.2, 0.25) is 11.9 Å². The van der Waals surface area contributed by atoms with Crippen LogP contribution in [0.3, 0.4) is 0 Å². The van der Waals surface area contributed by atoms with Crippen LogP contribution in [0.1, 0.15) is 6.92 Å². The fourth-order valence-corrected chi connectivity index (χ4v) is 1.41. The molecule has 0 aliphatic rings. The van der Waals surface area contributed by atoms with Crippen molar-refractivity contribution < 1.29 is 0 Å². The highest BCUT2D eigenvalue weighted by Gasteiger charge is 2.12. The number of aryl methyl sites for hydroxylation is 1. The van der Waals surface area contributed by atoms with Gasteiger partial charge < -0.3 is 10.2 Å². The first-order chi connectivity index (χ1) is 8.61. The summed E-state index contributed by atoms with van der Waals surface area (Å²) in [7, 11) is 5.57. The van der Waals surface area contributed by atoms with Gasteiger partial charge in [0.15, 0.2) is 5.82 Å². The molecule has 96 valence electrons. The maximum absolute atomic E-state index is 4.38. The summed E-state index contributed by atoms with van der Waals surface area (Å²) in [4.78, 5) is 14.9. The summed E-state index contributed by atoms with van der Waals surface area (Å²) >= 11 is 0. The maximum Gasteiger partial charge on any atom is 0.230 e. The van der Waals surface area contributed by atoms with Gasteiger partial charge in [-0.1, -0.05) is 5.21 Å². The molecule has 2 aromatic rings. The zero-order valence-corrected chi connectivity index (χ0v) is 10.9. The summed E-state index contributed by atoms with van der Waals surface area (Å²) in [5, 5.41) is 10.8. The standard InChI is InChI=1S/C10H16N8/c1-5-11-9-13-8(7-6-12-16-18(7)4)14-10(15-9)17(2)3/h6H,5H2,1-4H3,(H,11,13,14,15). The third-order valence-electron chi connectivity index (χ3n) is 2.30. The van der Waals surface area contributed by atoms with E-state index in [1.807, 2.05) is 25.9 Å². The molecule has 18 heavy (non-hydrogen) atoms. The van der Waals surface area contributed by atoms with Crippen molar-refractivity contribution in [1.82, 2.24) is 29.9 Å². The van der Waals surface area contributed by atoms with Gasteiger partial charge in [-0.15, -0.1) is 5.10 Å². The highest BCUT2D eigenvalue weighted by atomic mass is 15.4. The highest BCUT2D eigenvalue weighted by Crippen LogP contribution is 2.16. The smallest absolute Gasteiger partial charge is 0.230 e. The van der Waals surface area contributed by atoms with Gasteiger partial charge in [-0.05, 0) is 6.92 Å². The van der Waals surface area contributed by atoms with Crippen LogP contribution >= 0.6 is 0 Å². The Bertz CT molecular complexity index is 532. The van der Waals surface area contributed by atoms with Crippen LogP contribution in [0, 0.1) is 0 Å². The summed E-state index contributed by atoms with van der Waals surface area (Å²) in [5.74, 6) is 1.70.